The van der Waals surface area contributed by atoms with E-state index in [2.05, 4.69) is 0 Å². The van der Waals surface area contributed by atoms with Crippen molar-refractivity contribution in [1.29, 1.82) is 0 Å². The number of likely N-dealkylation sites (N-methyl/N-ethyl adjacent to an activating group) is 1. The third kappa shape index (κ3) is 7.60. The highest BCUT2D eigenvalue weighted by atomic mass is 16.6. The van der Waals surface area contributed by atoms with Gasteiger partial charge in [0.1, 0.15) is 18.1 Å². The Morgan fingerprint density at radius 2 is 1.55 bits per heavy atom. The summed E-state index contributed by atoms with van der Waals surface area (Å²) in [5, 5.41) is 9.80. The molecule has 0 aliphatic rings. The summed E-state index contributed by atoms with van der Waals surface area (Å²) in [6.45, 7) is 6.89. The number of aliphatic hydroxyl groups is 1. The van der Waals surface area contributed by atoms with Crippen LogP contribution in [-0.2, 0) is 27.3 Å². The summed E-state index contributed by atoms with van der Waals surface area (Å²) >= 11 is 0. The fourth-order valence-corrected chi connectivity index (χ4v) is 3.60. The highest BCUT2D eigenvalue weighted by molar-refractivity contribution is 6.01. The van der Waals surface area contributed by atoms with Gasteiger partial charge in [-0.3, -0.25) is 9.59 Å². The van der Waals surface area contributed by atoms with Crippen molar-refractivity contribution in [2.24, 2.45) is 11.8 Å². The maximum Gasteiger partial charge on any atom is 0.348 e. The van der Waals surface area contributed by atoms with Gasteiger partial charge in [-0.2, -0.15) is 0 Å². The van der Waals surface area contributed by atoms with Gasteiger partial charge in [0.15, 0.2) is 6.04 Å². The van der Waals surface area contributed by atoms with Crippen molar-refractivity contribution < 1.29 is 25.7 Å². The Balaban J connectivity index is 2.45. The number of ketones is 1. The van der Waals surface area contributed by atoms with Crippen molar-refractivity contribution in [2.45, 2.75) is 52.3 Å². The topological polar surface area (TPSA) is 68.0 Å². The minimum atomic E-state index is -1.15. The van der Waals surface area contributed by atoms with Crippen molar-refractivity contribution in [2.75, 3.05) is 13.7 Å². The molecule has 168 valence electrons. The average Bonchev–Trinajstić information content (AvgIpc) is 2.71. The van der Waals surface area contributed by atoms with Gasteiger partial charge in [0, 0.05) is 18.6 Å². The molecule has 0 radical (unpaired) electrons. The van der Waals surface area contributed by atoms with E-state index in [9.17, 15) is 14.7 Å². The lowest BCUT2D eigenvalue weighted by molar-refractivity contribution is -0.910. The van der Waals surface area contributed by atoms with Gasteiger partial charge in [0.05, 0.1) is 7.05 Å². The Kier molecular flexibility index (Phi) is 8.38. The number of hydrogen-bond acceptors (Lipinski definition) is 4. The van der Waals surface area contributed by atoms with E-state index in [1.54, 1.807) is 34.7 Å². The Hall–Kier alpha value is -2.50. The molecule has 2 N–H and O–H groups in total. The van der Waals surface area contributed by atoms with Crippen LogP contribution in [0.2, 0.25) is 1.41 Å². The van der Waals surface area contributed by atoms with Crippen molar-refractivity contribution in [1.82, 2.24) is 0 Å². The molecule has 0 amide bonds. The number of ether oxygens (including phenoxy) is 1. The second-order valence-corrected chi connectivity index (χ2v) is 9.18. The summed E-state index contributed by atoms with van der Waals surface area (Å²) in [7, 11) is 1.69. The first kappa shape index (κ1) is 23.2. The fourth-order valence-electron chi connectivity index (χ4n) is 3.60. The number of esters is 1. The third-order valence-corrected chi connectivity index (χ3v) is 5.23. The zero-order valence-corrected chi connectivity index (χ0v) is 19.2. The van der Waals surface area contributed by atoms with Crippen molar-refractivity contribution in [3.63, 3.8) is 0 Å². The van der Waals surface area contributed by atoms with E-state index in [0.29, 0.717) is 13.0 Å². The largest absolute Gasteiger partial charge is 0.459 e. The standard InChI is InChI=1S/C26H35NO4/c1-19(18-28)23(25(30)31-26(2,3)4)24(29)22(16-20-12-8-6-9-13-20)27(5)17-21-14-10-7-11-15-21/h6-15,19,22-23,28H,16-18H2,1-5H3/p+1/t19?,22-,23?/m0/s1/i/hD. The summed E-state index contributed by atoms with van der Waals surface area (Å²) in [4.78, 5) is 26.5. The quantitative estimate of drug-likeness (QED) is 0.452. The van der Waals surface area contributed by atoms with Gasteiger partial charge in [-0.15, -0.1) is 0 Å². The van der Waals surface area contributed by atoms with E-state index in [1.165, 1.54) is 0 Å². The van der Waals surface area contributed by atoms with Crippen LogP contribution >= 0.6 is 0 Å². The minimum absolute atomic E-state index is 0.304. The molecule has 3 unspecified atom stereocenters. The molecule has 2 aromatic carbocycles. The first-order valence-electron chi connectivity index (χ1n) is 11.2. The van der Waals surface area contributed by atoms with Gasteiger partial charge in [-0.25, -0.2) is 0 Å². The first-order valence-corrected chi connectivity index (χ1v) is 10.8. The number of hydrogen-bond donors (Lipinski definition) is 2. The summed E-state index contributed by atoms with van der Waals surface area (Å²) in [6.07, 6.45) is 0.309. The highest BCUT2D eigenvalue weighted by Gasteiger charge is 2.42. The molecule has 0 saturated carbocycles. The van der Waals surface area contributed by atoms with Gasteiger partial charge >= 0.3 is 7.38 Å². The highest BCUT2D eigenvalue weighted by Crippen LogP contribution is 2.21. The predicted molar refractivity (Wildman–Crippen MR) is 122 cm³/mol. The lowest BCUT2D eigenvalue weighted by atomic mass is 9.84. The van der Waals surface area contributed by atoms with E-state index >= 15 is 0 Å². The van der Waals surface area contributed by atoms with Crippen LogP contribution in [0.1, 0.15) is 38.8 Å². The summed E-state index contributed by atoms with van der Waals surface area (Å²) < 4.78 is 14.7. The zero-order chi connectivity index (χ0) is 23.9. The lowest BCUT2D eigenvalue weighted by Gasteiger charge is -2.30. The van der Waals surface area contributed by atoms with Crippen molar-refractivity contribution in [3.8, 4) is 0 Å². The van der Waals surface area contributed by atoms with Gasteiger partial charge in [0.2, 0.25) is 5.78 Å². The van der Waals surface area contributed by atoms with Gasteiger partial charge in [-0.05, 0) is 32.3 Å². The second kappa shape index (κ2) is 11.2. The molecule has 0 heterocycles. The van der Waals surface area contributed by atoms with Crippen LogP contribution in [0.3, 0.4) is 0 Å². The van der Waals surface area contributed by atoms with Crippen LogP contribution in [0.5, 0.6) is 0 Å². The second-order valence-electron chi connectivity index (χ2n) is 9.18. The number of aliphatic hydroxyl groups excluding tert-OH is 1. The summed E-state index contributed by atoms with van der Waals surface area (Å²) in [5.41, 5.74) is 1.08. The van der Waals surface area contributed by atoms with Gasteiger partial charge < -0.3 is 14.7 Å². The molecule has 31 heavy (non-hydrogen) atoms. The van der Waals surface area contributed by atoms with Gasteiger partial charge in [-0.1, -0.05) is 67.6 Å². The predicted octanol–water partition coefficient (Wildman–Crippen LogP) is 2.47. The van der Waals surface area contributed by atoms with E-state index in [0.717, 1.165) is 11.1 Å². The Bertz CT molecular complexity index is 878. The summed E-state index contributed by atoms with van der Waals surface area (Å²) in [6, 6.07) is 18.3. The van der Waals surface area contributed by atoms with Crippen LogP contribution in [0, 0.1) is 11.8 Å². The van der Waals surface area contributed by atoms with E-state index in [-0.39, 0.29) is 17.3 Å². The smallest absolute Gasteiger partial charge is 0.348 e. The maximum absolute atomic E-state index is 13.9. The molecule has 0 aromatic heterocycles. The van der Waals surface area contributed by atoms with Crippen LogP contribution < -0.4 is 4.89 Å². The molecule has 0 spiro atoms. The van der Waals surface area contributed by atoms with Crippen molar-refractivity contribution >= 4 is 11.8 Å². The Morgan fingerprint density at radius 1 is 1.03 bits per heavy atom. The van der Waals surface area contributed by atoms with Crippen LogP contribution in [0.4, 0.5) is 0 Å². The van der Waals surface area contributed by atoms with Gasteiger partial charge in [0.25, 0.3) is 0 Å². The Morgan fingerprint density at radius 3 is 2.03 bits per heavy atom. The Labute approximate surface area is 187 Å². The number of rotatable bonds is 10. The molecule has 0 fully saturated rings. The molecule has 0 aliphatic heterocycles. The number of benzene rings is 2. The zero-order valence-electron chi connectivity index (χ0n) is 20.2. The molecule has 2 rings (SSSR count). The van der Waals surface area contributed by atoms with Crippen molar-refractivity contribution in [3.05, 3.63) is 71.8 Å². The average molecular weight is 428 g/mol. The number of Topliss-reactive ketones (excluding diaryl/α,β-unsaturated/α-hetero) is 1. The number of nitrogens with one attached hydrogen (secondary N) is 1. The van der Waals surface area contributed by atoms with Crippen LogP contribution in [0.15, 0.2) is 60.7 Å². The number of carbonyl (C=O) groups excluding carboxylic acids is 2. The van der Waals surface area contributed by atoms with Crippen LogP contribution in [-0.4, -0.2) is 42.2 Å². The van der Waals surface area contributed by atoms with Crippen LogP contribution in [0.25, 0.3) is 0 Å². The van der Waals surface area contributed by atoms with E-state index in [4.69, 9.17) is 6.15 Å². The monoisotopic (exact) mass is 427 g/mol. The molecule has 2 aromatic rings. The minimum Gasteiger partial charge on any atom is -0.459 e. The first-order chi connectivity index (χ1) is 14.9. The molecule has 0 aliphatic carbocycles. The molecular weight excluding hydrogens is 390 g/mol. The number of carbonyl (C=O) groups is 2. The molecule has 4 atom stereocenters. The molecule has 0 saturated heterocycles. The van der Waals surface area contributed by atoms with E-state index < -0.39 is 29.4 Å². The fraction of sp³-hybridized carbons (Fsp3) is 0.462. The van der Waals surface area contributed by atoms with E-state index in [1.807, 2.05) is 60.7 Å². The lowest BCUT2D eigenvalue weighted by Crippen LogP contribution is -3.13. The molecule has 5 nitrogen and oxygen atoms in total. The third-order valence-electron chi connectivity index (χ3n) is 5.23. The molecule has 0 bridgehead atoms. The number of quaternary nitrogens is 1. The SMILES string of the molecule is [2H][N+](C)(Cc1ccccc1)[C@@H](Cc1ccccc1)C(=O)C(C(=O)OC(C)(C)C)C(C)CO. The normalized spacial score (nSPS) is 17.0. The maximum atomic E-state index is 13.9. The molecular formula is C26H36NO4+. The summed E-state index contributed by atoms with van der Waals surface area (Å²) in [5.74, 6) is -2.79. The molecule has 5 heteroatoms.